The normalized spacial score (nSPS) is 15.9. The van der Waals surface area contributed by atoms with Crippen molar-refractivity contribution in [1.29, 1.82) is 0 Å². The molecule has 2 N–H and O–H groups in total. The molecule has 0 spiro atoms. The lowest BCUT2D eigenvalue weighted by Gasteiger charge is -2.28. The second kappa shape index (κ2) is 4.89. The van der Waals surface area contributed by atoms with E-state index < -0.39 is 0 Å². The van der Waals surface area contributed by atoms with Crippen molar-refractivity contribution < 1.29 is 4.84 Å². The van der Waals surface area contributed by atoms with Gasteiger partial charge in [-0.3, -0.25) is 0 Å². The molecule has 0 aromatic carbocycles. The predicted molar refractivity (Wildman–Crippen MR) is 60.2 cm³/mol. The van der Waals surface area contributed by atoms with Crippen LogP contribution in [0.2, 0.25) is 0 Å². The molecule has 0 aliphatic rings. The number of aryl methyl sites for hydroxylation is 1. The van der Waals surface area contributed by atoms with Crippen LogP contribution in [0, 0.1) is 6.92 Å². The Labute approximate surface area is 89.4 Å². The second-order valence-electron chi connectivity index (χ2n) is 3.50. The molecule has 0 aliphatic carbocycles. The van der Waals surface area contributed by atoms with E-state index in [2.05, 4.69) is 18.4 Å². The monoisotopic (exact) mass is 214 g/mol. The zero-order valence-corrected chi connectivity index (χ0v) is 9.97. The van der Waals surface area contributed by atoms with Crippen LogP contribution in [0.25, 0.3) is 0 Å². The quantitative estimate of drug-likeness (QED) is 0.778. The van der Waals surface area contributed by atoms with Gasteiger partial charge in [-0.2, -0.15) is 5.06 Å². The maximum absolute atomic E-state index is 5.96. The summed E-state index contributed by atoms with van der Waals surface area (Å²) in [5, 5.41) is 3.90. The van der Waals surface area contributed by atoms with Gasteiger partial charge in [-0.15, -0.1) is 11.3 Å². The van der Waals surface area contributed by atoms with E-state index in [1.807, 2.05) is 19.0 Å². The summed E-state index contributed by atoms with van der Waals surface area (Å²) < 4.78 is 0. The molecule has 80 valence electrons. The van der Waals surface area contributed by atoms with Crippen LogP contribution in [0.3, 0.4) is 0 Å². The van der Waals surface area contributed by atoms with Crippen molar-refractivity contribution in [2.24, 2.45) is 5.73 Å². The van der Waals surface area contributed by atoms with E-state index in [4.69, 9.17) is 10.6 Å². The molecule has 0 bridgehead atoms. The fourth-order valence-corrected chi connectivity index (χ4v) is 2.71. The molecule has 0 saturated heterocycles. The third-order valence-corrected chi connectivity index (χ3v) is 3.44. The fraction of sp³-hybridized carbons (Fsp3) is 0.600. The standard InChI is InChI=1S/C10H18N2OS/c1-7-5-6-14-10(7)9(8(2)11)12(3)13-4/h5-6,8-9H,11H2,1-4H3. The Morgan fingerprint density at radius 3 is 2.57 bits per heavy atom. The topological polar surface area (TPSA) is 38.5 Å². The Morgan fingerprint density at radius 1 is 1.57 bits per heavy atom. The van der Waals surface area contributed by atoms with Crippen LogP contribution < -0.4 is 5.73 Å². The van der Waals surface area contributed by atoms with Gasteiger partial charge in [0.1, 0.15) is 0 Å². The average molecular weight is 214 g/mol. The van der Waals surface area contributed by atoms with Crippen molar-refractivity contribution in [3.05, 3.63) is 21.9 Å². The summed E-state index contributed by atoms with van der Waals surface area (Å²) in [5.74, 6) is 0. The highest BCUT2D eigenvalue weighted by atomic mass is 32.1. The lowest BCUT2D eigenvalue weighted by Crippen LogP contribution is -2.36. The maximum Gasteiger partial charge on any atom is 0.0842 e. The average Bonchev–Trinajstić information content (AvgIpc) is 2.52. The van der Waals surface area contributed by atoms with Crippen molar-refractivity contribution in [3.63, 3.8) is 0 Å². The second-order valence-corrected chi connectivity index (χ2v) is 4.45. The predicted octanol–water partition coefficient (Wildman–Crippen LogP) is 1.94. The van der Waals surface area contributed by atoms with Gasteiger partial charge in [0.25, 0.3) is 0 Å². The highest BCUT2D eigenvalue weighted by Gasteiger charge is 2.23. The molecule has 1 rings (SSSR count). The minimum atomic E-state index is 0.0531. The van der Waals surface area contributed by atoms with Gasteiger partial charge in [-0.05, 0) is 30.9 Å². The van der Waals surface area contributed by atoms with Crippen molar-refractivity contribution >= 4 is 11.3 Å². The highest BCUT2D eigenvalue weighted by Crippen LogP contribution is 2.29. The van der Waals surface area contributed by atoms with Crippen molar-refractivity contribution in [3.8, 4) is 0 Å². The third-order valence-electron chi connectivity index (χ3n) is 2.35. The third kappa shape index (κ3) is 2.33. The largest absolute Gasteiger partial charge is 0.326 e. The minimum absolute atomic E-state index is 0.0531. The van der Waals surface area contributed by atoms with E-state index in [1.54, 1.807) is 18.4 Å². The molecule has 1 aromatic rings. The Bertz CT molecular complexity index is 285. The summed E-state index contributed by atoms with van der Waals surface area (Å²) in [4.78, 5) is 6.49. The molecule has 4 heteroatoms. The molecule has 1 aromatic heterocycles. The van der Waals surface area contributed by atoms with E-state index in [9.17, 15) is 0 Å². The molecule has 3 nitrogen and oxygen atoms in total. The molecule has 2 unspecified atom stereocenters. The minimum Gasteiger partial charge on any atom is -0.326 e. The number of nitrogens with two attached hydrogens (primary N) is 1. The number of likely N-dealkylation sites (N-methyl/N-ethyl adjacent to an activating group) is 1. The van der Waals surface area contributed by atoms with Gasteiger partial charge in [0.15, 0.2) is 0 Å². The summed E-state index contributed by atoms with van der Waals surface area (Å²) in [6, 6.07) is 2.30. The molecular formula is C10H18N2OS. The molecule has 0 amide bonds. The van der Waals surface area contributed by atoms with Gasteiger partial charge in [0.05, 0.1) is 13.2 Å². The van der Waals surface area contributed by atoms with Crippen LogP contribution >= 0.6 is 11.3 Å². The van der Waals surface area contributed by atoms with E-state index in [-0.39, 0.29) is 12.1 Å². The number of hydrogen-bond donors (Lipinski definition) is 1. The van der Waals surface area contributed by atoms with E-state index >= 15 is 0 Å². The summed E-state index contributed by atoms with van der Waals surface area (Å²) in [5.41, 5.74) is 7.24. The Hall–Kier alpha value is -0.420. The first-order valence-corrected chi connectivity index (χ1v) is 5.52. The van der Waals surface area contributed by atoms with Gasteiger partial charge in [-0.25, -0.2) is 0 Å². The fourth-order valence-electron chi connectivity index (χ4n) is 1.54. The van der Waals surface area contributed by atoms with Crippen LogP contribution in [0.15, 0.2) is 11.4 Å². The zero-order valence-electron chi connectivity index (χ0n) is 9.15. The van der Waals surface area contributed by atoms with Crippen LogP contribution in [0.5, 0.6) is 0 Å². The van der Waals surface area contributed by atoms with Crippen LogP contribution in [0.4, 0.5) is 0 Å². The molecule has 1 heterocycles. The molecule has 14 heavy (non-hydrogen) atoms. The molecular weight excluding hydrogens is 196 g/mol. The summed E-state index contributed by atoms with van der Waals surface area (Å²) in [6.45, 7) is 4.10. The van der Waals surface area contributed by atoms with E-state index in [0.717, 1.165) is 0 Å². The first-order valence-electron chi connectivity index (χ1n) is 4.64. The number of rotatable bonds is 4. The Morgan fingerprint density at radius 2 is 2.21 bits per heavy atom. The number of thiophene rings is 1. The van der Waals surface area contributed by atoms with Crippen molar-refractivity contribution in [2.75, 3.05) is 14.2 Å². The summed E-state index contributed by atoms with van der Waals surface area (Å²) in [6.07, 6.45) is 0. The molecule has 0 fully saturated rings. The van der Waals surface area contributed by atoms with Crippen LogP contribution in [-0.2, 0) is 4.84 Å². The van der Waals surface area contributed by atoms with E-state index in [0.29, 0.717) is 0 Å². The summed E-state index contributed by atoms with van der Waals surface area (Å²) >= 11 is 1.73. The van der Waals surface area contributed by atoms with Gasteiger partial charge in [-0.1, -0.05) is 0 Å². The van der Waals surface area contributed by atoms with Gasteiger partial charge in [0, 0.05) is 18.0 Å². The SMILES string of the molecule is CON(C)C(c1sccc1C)C(C)N. The first kappa shape index (κ1) is 11.7. The Kier molecular flexibility index (Phi) is 4.07. The zero-order chi connectivity index (χ0) is 10.7. The lowest BCUT2D eigenvalue weighted by molar-refractivity contribution is -0.146. The van der Waals surface area contributed by atoms with Gasteiger partial charge < -0.3 is 10.6 Å². The maximum atomic E-state index is 5.96. The van der Waals surface area contributed by atoms with Gasteiger partial charge >= 0.3 is 0 Å². The number of hydroxylamine groups is 2. The van der Waals surface area contributed by atoms with Crippen LogP contribution in [-0.4, -0.2) is 25.3 Å². The van der Waals surface area contributed by atoms with Gasteiger partial charge in [0.2, 0.25) is 0 Å². The number of hydrogen-bond acceptors (Lipinski definition) is 4. The van der Waals surface area contributed by atoms with Crippen molar-refractivity contribution in [1.82, 2.24) is 5.06 Å². The summed E-state index contributed by atoms with van der Waals surface area (Å²) in [7, 11) is 3.57. The van der Waals surface area contributed by atoms with Crippen LogP contribution in [0.1, 0.15) is 23.4 Å². The smallest absolute Gasteiger partial charge is 0.0842 e. The van der Waals surface area contributed by atoms with E-state index in [1.165, 1.54) is 10.4 Å². The number of nitrogens with zero attached hydrogens (tertiary/aromatic N) is 1. The van der Waals surface area contributed by atoms with Crippen molar-refractivity contribution in [2.45, 2.75) is 25.9 Å². The Balaban J connectivity index is 2.94. The molecule has 0 aliphatic heterocycles. The lowest BCUT2D eigenvalue weighted by atomic mass is 10.1. The molecule has 2 atom stereocenters. The molecule has 0 saturated carbocycles. The first-order chi connectivity index (χ1) is 6.57. The molecule has 0 radical (unpaired) electrons. The highest BCUT2D eigenvalue weighted by molar-refractivity contribution is 7.10.